The first-order valence-electron chi connectivity index (χ1n) is 5.02. The van der Waals surface area contributed by atoms with Gasteiger partial charge >= 0.3 is 0 Å². The van der Waals surface area contributed by atoms with Gasteiger partial charge in [-0.25, -0.2) is 0 Å². The first-order chi connectivity index (χ1) is 7.15. The van der Waals surface area contributed by atoms with Gasteiger partial charge in [0.05, 0.1) is 12.8 Å². The van der Waals surface area contributed by atoms with E-state index >= 15 is 0 Å². The Morgan fingerprint density at radius 2 is 2.33 bits per heavy atom. The Morgan fingerprint density at radius 3 is 2.87 bits per heavy atom. The van der Waals surface area contributed by atoms with Crippen molar-refractivity contribution in [3.63, 3.8) is 0 Å². The average Bonchev–Trinajstić information content (AvgIpc) is 2.40. The molecule has 0 aromatic rings. The maximum absolute atomic E-state index is 10.4. The molecule has 1 atom stereocenters. The lowest BCUT2D eigenvalue weighted by Gasteiger charge is -2.20. The summed E-state index contributed by atoms with van der Waals surface area (Å²) in [6, 6.07) is 0. The largest absolute Gasteiger partial charge is 0.495 e. The molecule has 1 unspecified atom stereocenters. The molecule has 3 nitrogen and oxygen atoms in total. The number of nitrogens with one attached hydrogen (secondary N) is 1. The van der Waals surface area contributed by atoms with Crippen molar-refractivity contribution in [2.24, 2.45) is 5.41 Å². The first-order valence-corrected chi connectivity index (χ1v) is 5.02. The molecule has 0 spiro atoms. The van der Waals surface area contributed by atoms with Gasteiger partial charge in [-0.3, -0.25) is 4.79 Å². The van der Waals surface area contributed by atoms with Gasteiger partial charge in [0.1, 0.15) is 5.76 Å². The summed E-state index contributed by atoms with van der Waals surface area (Å²) in [5, 5.41) is 2.62. The van der Waals surface area contributed by atoms with E-state index < -0.39 is 0 Å². The summed E-state index contributed by atoms with van der Waals surface area (Å²) >= 11 is 0. The Morgan fingerprint density at radius 1 is 1.60 bits per heavy atom. The molecule has 0 aromatic heterocycles. The SMILES string of the molecule is CCC1(C)C=CC=C(NC=O)C(OC)=C1. The highest BCUT2D eigenvalue weighted by Gasteiger charge is 2.20. The predicted octanol–water partition coefficient (Wildman–Crippen LogP) is 2.13. The molecule has 1 amide bonds. The minimum atomic E-state index is -0.0197. The van der Waals surface area contributed by atoms with E-state index in [1.807, 2.05) is 18.2 Å². The van der Waals surface area contributed by atoms with Crippen LogP contribution in [0.15, 0.2) is 35.8 Å². The van der Waals surface area contributed by atoms with Gasteiger partial charge in [-0.1, -0.05) is 26.0 Å². The van der Waals surface area contributed by atoms with Crippen LogP contribution in [0.4, 0.5) is 0 Å². The van der Waals surface area contributed by atoms with E-state index in [0.717, 1.165) is 6.42 Å². The van der Waals surface area contributed by atoms with Crippen LogP contribution in [0.3, 0.4) is 0 Å². The zero-order chi connectivity index (χ0) is 11.3. The van der Waals surface area contributed by atoms with Gasteiger partial charge in [0.25, 0.3) is 0 Å². The van der Waals surface area contributed by atoms with Crippen LogP contribution in [0.5, 0.6) is 0 Å². The van der Waals surface area contributed by atoms with Gasteiger partial charge in [-0.05, 0) is 18.6 Å². The van der Waals surface area contributed by atoms with E-state index in [2.05, 4.69) is 25.2 Å². The lowest BCUT2D eigenvalue weighted by molar-refractivity contribution is -0.109. The van der Waals surface area contributed by atoms with Crippen molar-refractivity contribution in [1.29, 1.82) is 0 Å². The lowest BCUT2D eigenvalue weighted by atomic mass is 9.87. The highest BCUT2D eigenvalue weighted by atomic mass is 16.5. The van der Waals surface area contributed by atoms with Crippen LogP contribution in [0, 0.1) is 5.41 Å². The maximum atomic E-state index is 10.4. The number of methoxy groups -OCH3 is 1. The predicted molar refractivity (Wildman–Crippen MR) is 59.9 cm³/mol. The fourth-order valence-electron chi connectivity index (χ4n) is 1.44. The standard InChI is InChI=1S/C12H17NO2/c1-4-12(2)7-5-6-10(13-9-14)11(8-12)15-3/h5-9H,4H2,1-3H3,(H,13,14). The summed E-state index contributed by atoms with van der Waals surface area (Å²) in [6.45, 7) is 4.24. The van der Waals surface area contributed by atoms with E-state index in [1.165, 1.54) is 0 Å². The van der Waals surface area contributed by atoms with E-state index in [9.17, 15) is 4.79 Å². The molecule has 0 aliphatic heterocycles. The molecule has 1 rings (SSSR count). The quantitative estimate of drug-likeness (QED) is 0.717. The van der Waals surface area contributed by atoms with Crippen molar-refractivity contribution in [1.82, 2.24) is 5.32 Å². The Hall–Kier alpha value is -1.51. The zero-order valence-electron chi connectivity index (χ0n) is 9.41. The van der Waals surface area contributed by atoms with E-state index in [1.54, 1.807) is 7.11 Å². The van der Waals surface area contributed by atoms with Crippen LogP contribution in [0.2, 0.25) is 0 Å². The first kappa shape index (κ1) is 11.6. The highest BCUT2D eigenvalue weighted by Crippen LogP contribution is 2.30. The molecule has 3 heteroatoms. The Labute approximate surface area is 90.5 Å². The van der Waals surface area contributed by atoms with Gasteiger partial charge in [-0.2, -0.15) is 0 Å². The van der Waals surface area contributed by atoms with Crippen LogP contribution >= 0.6 is 0 Å². The van der Waals surface area contributed by atoms with E-state index in [0.29, 0.717) is 17.9 Å². The molecule has 82 valence electrons. The van der Waals surface area contributed by atoms with Crippen molar-refractivity contribution in [2.75, 3.05) is 7.11 Å². The number of amides is 1. The summed E-state index contributed by atoms with van der Waals surface area (Å²) in [5.74, 6) is 0.705. The smallest absolute Gasteiger partial charge is 0.211 e. The molecule has 0 radical (unpaired) electrons. The Bertz CT molecular complexity index is 329. The van der Waals surface area contributed by atoms with Crippen LogP contribution in [-0.4, -0.2) is 13.5 Å². The summed E-state index contributed by atoms with van der Waals surface area (Å²) < 4.78 is 5.27. The monoisotopic (exact) mass is 207 g/mol. The lowest BCUT2D eigenvalue weighted by Crippen LogP contribution is -2.15. The molecule has 15 heavy (non-hydrogen) atoms. The molecule has 0 saturated heterocycles. The Balaban J connectivity index is 3.04. The van der Waals surface area contributed by atoms with E-state index in [-0.39, 0.29) is 5.41 Å². The normalized spacial score (nSPS) is 25.0. The minimum absolute atomic E-state index is 0.0197. The van der Waals surface area contributed by atoms with Crippen LogP contribution < -0.4 is 5.32 Å². The third-order valence-corrected chi connectivity index (χ3v) is 2.66. The second-order valence-electron chi connectivity index (χ2n) is 3.77. The number of rotatable bonds is 4. The van der Waals surface area contributed by atoms with Crippen LogP contribution in [0.25, 0.3) is 0 Å². The van der Waals surface area contributed by atoms with Gasteiger partial charge in [0.2, 0.25) is 6.41 Å². The number of carbonyl (C=O) groups excluding carboxylic acids is 1. The highest BCUT2D eigenvalue weighted by molar-refractivity contribution is 5.54. The summed E-state index contributed by atoms with van der Waals surface area (Å²) in [6.07, 6.45) is 9.55. The summed E-state index contributed by atoms with van der Waals surface area (Å²) in [7, 11) is 1.60. The molecule has 1 aliphatic rings. The fraction of sp³-hybridized carbons (Fsp3) is 0.417. The molecule has 0 bridgehead atoms. The van der Waals surface area contributed by atoms with Gasteiger partial charge in [-0.15, -0.1) is 0 Å². The number of hydrogen-bond donors (Lipinski definition) is 1. The molecule has 0 saturated carbocycles. The van der Waals surface area contributed by atoms with Crippen LogP contribution in [0.1, 0.15) is 20.3 Å². The molecule has 0 fully saturated rings. The molecular formula is C12H17NO2. The van der Waals surface area contributed by atoms with Crippen molar-refractivity contribution in [2.45, 2.75) is 20.3 Å². The third-order valence-electron chi connectivity index (χ3n) is 2.66. The van der Waals surface area contributed by atoms with Crippen molar-refractivity contribution in [3.05, 3.63) is 35.8 Å². The van der Waals surface area contributed by atoms with Crippen molar-refractivity contribution >= 4 is 6.41 Å². The van der Waals surface area contributed by atoms with E-state index in [4.69, 9.17) is 4.74 Å². The second kappa shape index (κ2) is 4.82. The topological polar surface area (TPSA) is 38.3 Å². The molecule has 0 aromatic carbocycles. The van der Waals surface area contributed by atoms with Crippen molar-refractivity contribution in [3.8, 4) is 0 Å². The summed E-state index contributed by atoms with van der Waals surface area (Å²) in [4.78, 5) is 10.4. The zero-order valence-corrected chi connectivity index (χ0v) is 9.41. The molecule has 1 aliphatic carbocycles. The fourth-order valence-corrected chi connectivity index (χ4v) is 1.44. The van der Waals surface area contributed by atoms with Crippen molar-refractivity contribution < 1.29 is 9.53 Å². The van der Waals surface area contributed by atoms with Crippen LogP contribution in [-0.2, 0) is 9.53 Å². The third kappa shape index (κ3) is 2.72. The van der Waals surface area contributed by atoms with Gasteiger partial charge < -0.3 is 10.1 Å². The molecule has 0 heterocycles. The van der Waals surface area contributed by atoms with Gasteiger partial charge in [0.15, 0.2) is 0 Å². The second-order valence-corrected chi connectivity index (χ2v) is 3.77. The number of allylic oxidation sites excluding steroid dienone is 4. The Kier molecular flexibility index (Phi) is 3.72. The summed E-state index contributed by atoms with van der Waals surface area (Å²) in [5.41, 5.74) is 0.676. The average molecular weight is 207 g/mol. The minimum Gasteiger partial charge on any atom is -0.495 e. The number of ether oxygens (including phenoxy) is 1. The molecule has 1 N–H and O–H groups in total. The maximum Gasteiger partial charge on any atom is 0.211 e. The number of hydrogen-bond acceptors (Lipinski definition) is 2. The molecular weight excluding hydrogens is 190 g/mol. The van der Waals surface area contributed by atoms with Gasteiger partial charge in [0, 0.05) is 5.41 Å². The number of carbonyl (C=O) groups is 1.